The van der Waals surface area contributed by atoms with Crippen LogP contribution in [0.25, 0.3) is 21.8 Å². The molecule has 0 aliphatic rings. The molecule has 3 heteroatoms. The number of aromatic nitrogens is 1. The summed E-state index contributed by atoms with van der Waals surface area (Å²) >= 11 is 0. The van der Waals surface area contributed by atoms with Crippen molar-refractivity contribution in [2.75, 3.05) is 0 Å². The molecule has 0 radical (unpaired) electrons. The van der Waals surface area contributed by atoms with Crippen LogP contribution in [0.4, 0.5) is 0 Å². The number of ketones is 2. The number of para-hydroxylation sites is 1. The lowest BCUT2D eigenvalue weighted by molar-refractivity contribution is 0.0978. The first kappa shape index (κ1) is 31.1. The second-order valence-electron chi connectivity index (χ2n) is 11.6. The number of carbonyl (C=O) groups excluding carboxylic acids is 2. The van der Waals surface area contributed by atoms with E-state index in [0.717, 1.165) is 47.5 Å². The van der Waals surface area contributed by atoms with Gasteiger partial charge in [-0.1, -0.05) is 135 Å². The number of H-pyrrole nitrogens is 1. The zero-order valence-electron chi connectivity index (χ0n) is 24.9. The van der Waals surface area contributed by atoms with E-state index in [-0.39, 0.29) is 11.6 Å². The number of nitrogens with one attached hydrogen (secondary N) is 1. The van der Waals surface area contributed by atoms with Gasteiger partial charge >= 0.3 is 0 Å². The minimum Gasteiger partial charge on any atom is -0.354 e. The van der Waals surface area contributed by atoms with Crippen molar-refractivity contribution >= 4 is 33.4 Å². The van der Waals surface area contributed by atoms with Gasteiger partial charge in [0.1, 0.15) is 0 Å². The molecule has 0 saturated carbocycles. The summed E-state index contributed by atoms with van der Waals surface area (Å²) in [6.07, 6.45) is 23.4. The smallest absolute Gasteiger partial charge is 0.165 e. The van der Waals surface area contributed by atoms with Crippen molar-refractivity contribution in [2.24, 2.45) is 0 Å². The van der Waals surface area contributed by atoms with Crippen molar-refractivity contribution in [2.45, 2.75) is 142 Å². The molecule has 0 saturated heterocycles. The lowest BCUT2D eigenvalue weighted by Crippen LogP contribution is -2.05. The number of carbonyl (C=O) groups is 2. The molecule has 0 aliphatic carbocycles. The summed E-state index contributed by atoms with van der Waals surface area (Å²) in [5.74, 6) is 0.328. The van der Waals surface area contributed by atoms with E-state index in [4.69, 9.17) is 0 Å². The number of hydrogen-bond donors (Lipinski definition) is 1. The van der Waals surface area contributed by atoms with Gasteiger partial charge in [0.15, 0.2) is 11.6 Å². The third kappa shape index (κ3) is 10.2. The third-order valence-corrected chi connectivity index (χ3v) is 8.25. The zero-order valence-corrected chi connectivity index (χ0v) is 24.9. The van der Waals surface area contributed by atoms with Crippen LogP contribution in [0.15, 0.2) is 36.4 Å². The maximum Gasteiger partial charge on any atom is 0.165 e. The second-order valence-corrected chi connectivity index (χ2v) is 11.6. The summed E-state index contributed by atoms with van der Waals surface area (Å²) in [7, 11) is 0. The van der Waals surface area contributed by atoms with E-state index >= 15 is 0 Å². The Kier molecular flexibility index (Phi) is 14.4. The van der Waals surface area contributed by atoms with Crippen LogP contribution >= 0.6 is 0 Å². The van der Waals surface area contributed by atoms with E-state index in [2.05, 4.69) is 24.9 Å². The van der Waals surface area contributed by atoms with Crippen molar-refractivity contribution in [3.05, 3.63) is 47.5 Å². The minimum absolute atomic E-state index is 0.159. The fraction of sp³-hybridized carbons (Fsp3) is 0.611. The number of fused-ring (bicyclic) bond motifs is 3. The molecule has 0 bridgehead atoms. The van der Waals surface area contributed by atoms with E-state index in [1.54, 1.807) is 0 Å². The van der Waals surface area contributed by atoms with Crippen LogP contribution in [-0.2, 0) is 0 Å². The van der Waals surface area contributed by atoms with Gasteiger partial charge in [-0.3, -0.25) is 9.59 Å². The number of Topliss-reactive ketones (excluding diaryl/α,β-unsaturated/α-hetero) is 2. The Morgan fingerprint density at radius 2 is 1.05 bits per heavy atom. The Bertz CT molecular complexity index is 1140. The molecule has 214 valence electrons. The van der Waals surface area contributed by atoms with E-state index in [9.17, 15) is 9.59 Å². The maximum atomic E-state index is 13.4. The monoisotopic (exact) mass is 531 g/mol. The molecular formula is C36H53NO2. The molecule has 0 fully saturated rings. The fourth-order valence-electron chi connectivity index (χ4n) is 5.80. The van der Waals surface area contributed by atoms with Gasteiger partial charge in [0.2, 0.25) is 0 Å². The van der Waals surface area contributed by atoms with Crippen LogP contribution < -0.4 is 0 Å². The van der Waals surface area contributed by atoms with E-state index in [1.807, 2.05) is 30.3 Å². The molecule has 3 rings (SSSR count). The van der Waals surface area contributed by atoms with Gasteiger partial charge in [-0.25, -0.2) is 0 Å². The fourth-order valence-corrected chi connectivity index (χ4v) is 5.80. The molecule has 1 N–H and O–H groups in total. The van der Waals surface area contributed by atoms with Gasteiger partial charge in [0, 0.05) is 40.3 Å². The summed E-state index contributed by atoms with van der Waals surface area (Å²) in [6.45, 7) is 4.51. The van der Waals surface area contributed by atoms with Gasteiger partial charge in [0.25, 0.3) is 0 Å². The lowest BCUT2D eigenvalue weighted by atomic mass is 9.95. The quantitative estimate of drug-likeness (QED) is 0.103. The van der Waals surface area contributed by atoms with Crippen LogP contribution in [0.3, 0.4) is 0 Å². The van der Waals surface area contributed by atoms with Crippen LogP contribution in [0, 0.1) is 0 Å². The summed E-state index contributed by atoms with van der Waals surface area (Å²) in [5, 5.41) is 2.08. The molecule has 0 spiro atoms. The lowest BCUT2D eigenvalue weighted by Gasteiger charge is -2.08. The Hall–Kier alpha value is -2.42. The maximum absolute atomic E-state index is 13.4. The highest BCUT2D eigenvalue weighted by Crippen LogP contribution is 2.31. The predicted octanol–water partition coefficient (Wildman–Crippen LogP) is 11.5. The third-order valence-electron chi connectivity index (χ3n) is 8.25. The number of hydrogen-bond acceptors (Lipinski definition) is 2. The standard InChI is InChI=1S/C36H53NO2/c1-3-5-7-9-11-13-15-17-19-25-34(38)29-27-31-30-23-21-22-24-33(30)37-36(31)32(28-29)35(39)26-20-18-16-14-12-10-8-6-4-2/h21-24,27-28,37H,3-20,25-26H2,1-2H3. The topological polar surface area (TPSA) is 49.9 Å². The van der Waals surface area contributed by atoms with Crippen LogP contribution in [0.1, 0.15) is 163 Å². The van der Waals surface area contributed by atoms with Gasteiger partial charge in [-0.15, -0.1) is 0 Å². The Morgan fingerprint density at radius 3 is 1.62 bits per heavy atom. The second kappa shape index (κ2) is 18.0. The van der Waals surface area contributed by atoms with Gasteiger partial charge in [-0.2, -0.15) is 0 Å². The Morgan fingerprint density at radius 1 is 0.564 bits per heavy atom. The molecule has 0 atom stereocenters. The molecular weight excluding hydrogens is 478 g/mol. The van der Waals surface area contributed by atoms with Gasteiger partial charge in [0.05, 0.1) is 5.52 Å². The van der Waals surface area contributed by atoms with Crippen molar-refractivity contribution in [1.29, 1.82) is 0 Å². The highest BCUT2D eigenvalue weighted by molar-refractivity contribution is 6.17. The summed E-state index contributed by atoms with van der Waals surface area (Å²) in [4.78, 5) is 30.1. The molecule has 1 heterocycles. The van der Waals surface area contributed by atoms with E-state index < -0.39 is 0 Å². The average Bonchev–Trinajstić information content (AvgIpc) is 3.33. The molecule has 3 aromatic rings. The SMILES string of the molecule is CCCCCCCCCCCC(=O)c1cc(C(=O)CCCCCCCCCCC)c2[nH]c3ccccc3c2c1. The first-order valence-corrected chi connectivity index (χ1v) is 16.3. The molecule has 39 heavy (non-hydrogen) atoms. The number of aromatic amines is 1. The van der Waals surface area contributed by atoms with Crippen LogP contribution in [0.2, 0.25) is 0 Å². The molecule has 0 aliphatic heterocycles. The molecule has 0 amide bonds. The summed E-state index contributed by atoms with van der Waals surface area (Å²) < 4.78 is 0. The largest absolute Gasteiger partial charge is 0.354 e. The highest BCUT2D eigenvalue weighted by Gasteiger charge is 2.18. The molecule has 2 aromatic carbocycles. The van der Waals surface area contributed by atoms with Crippen LogP contribution in [-0.4, -0.2) is 16.6 Å². The van der Waals surface area contributed by atoms with E-state index in [0.29, 0.717) is 24.0 Å². The van der Waals surface area contributed by atoms with Gasteiger partial charge in [-0.05, 0) is 31.0 Å². The summed E-state index contributed by atoms with van der Waals surface area (Å²) in [5.41, 5.74) is 3.30. The minimum atomic E-state index is 0.159. The van der Waals surface area contributed by atoms with Crippen molar-refractivity contribution in [1.82, 2.24) is 4.98 Å². The Balaban J connectivity index is 1.57. The normalized spacial score (nSPS) is 11.5. The highest BCUT2D eigenvalue weighted by atomic mass is 16.1. The van der Waals surface area contributed by atoms with Crippen molar-refractivity contribution in [3.63, 3.8) is 0 Å². The molecule has 1 aromatic heterocycles. The molecule has 0 unspecified atom stereocenters. The van der Waals surface area contributed by atoms with Crippen molar-refractivity contribution in [3.8, 4) is 0 Å². The predicted molar refractivity (Wildman–Crippen MR) is 168 cm³/mol. The average molecular weight is 532 g/mol. The summed E-state index contributed by atoms with van der Waals surface area (Å²) in [6, 6.07) is 12.1. The number of rotatable bonds is 22. The Labute approximate surface area is 237 Å². The number of unbranched alkanes of at least 4 members (excludes halogenated alkanes) is 16. The van der Waals surface area contributed by atoms with Gasteiger partial charge < -0.3 is 4.98 Å². The number of benzene rings is 2. The van der Waals surface area contributed by atoms with E-state index in [1.165, 1.54) is 89.9 Å². The molecule has 3 nitrogen and oxygen atoms in total. The van der Waals surface area contributed by atoms with Crippen LogP contribution in [0.5, 0.6) is 0 Å². The first-order valence-electron chi connectivity index (χ1n) is 16.3. The van der Waals surface area contributed by atoms with Crippen molar-refractivity contribution < 1.29 is 9.59 Å². The zero-order chi connectivity index (χ0) is 27.7. The first-order chi connectivity index (χ1) is 19.2.